The summed E-state index contributed by atoms with van der Waals surface area (Å²) in [5, 5.41) is 0. The molecule has 3 atom stereocenters. The minimum atomic E-state index is -0.124. The van der Waals surface area contributed by atoms with Crippen LogP contribution in [0.4, 0.5) is 0 Å². The third-order valence-corrected chi connectivity index (χ3v) is 1.82. The maximum absolute atomic E-state index is 5.57. The number of hydrogen-bond donors (Lipinski definition) is 0. The highest BCUT2D eigenvalue weighted by Gasteiger charge is 2.11. The first-order valence-electron chi connectivity index (χ1n) is 4.58. The number of aliphatic imine (C=N–C) groups is 1. The molecule has 0 fully saturated rings. The van der Waals surface area contributed by atoms with Gasteiger partial charge in [-0.05, 0) is 13.0 Å². The van der Waals surface area contributed by atoms with Crippen molar-refractivity contribution in [2.75, 3.05) is 13.7 Å². The van der Waals surface area contributed by atoms with Gasteiger partial charge in [0.1, 0.15) is 0 Å². The number of hydrogen-bond acceptors (Lipinski definition) is 3. The number of allylic oxidation sites excluding steroid dienone is 1. The number of rotatable bonds is 4. The lowest BCUT2D eigenvalue weighted by Gasteiger charge is -2.18. The van der Waals surface area contributed by atoms with Gasteiger partial charge in [0.2, 0.25) is 0 Å². The summed E-state index contributed by atoms with van der Waals surface area (Å²) in [5.41, 5.74) is 0. The number of nitrogens with zero attached hydrogens (tertiary/aromatic N) is 1. The van der Waals surface area contributed by atoms with Crippen molar-refractivity contribution in [3.63, 3.8) is 0 Å². The molecular weight excluding hydrogens is 166 g/mol. The molecule has 1 aliphatic rings. The third-order valence-electron chi connectivity index (χ3n) is 1.82. The molecule has 0 radical (unpaired) electrons. The first-order valence-corrected chi connectivity index (χ1v) is 4.58. The molecule has 3 unspecified atom stereocenters. The Hall–Kier alpha value is -0.670. The van der Waals surface area contributed by atoms with Gasteiger partial charge in [0.25, 0.3) is 0 Å². The largest absolute Gasteiger partial charge is 0.382 e. The first-order chi connectivity index (χ1) is 6.22. The van der Waals surface area contributed by atoms with Gasteiger partial charge < -0.3 is 9.47 Å². The average molecular weight is 183 g/mol. The zero-order valence-corrected chi connectivity index (χ0v) is 8.43. The fourth-order valence-electron chi connectivity index (χ4n) is 1.18. The average Bonchev–Trinajstić information content (AvgIpc) is 2.09. The Morgan fingerprint density at radius 1 is 1.46 bits per heavy atom. The van der Waals surface area contributed by atoms with Crippen molar-refractivity contribution in [3.05, 3.63) is 12.2 Å². The second-order valence-corrected chi connectivity index (χ2v) is 3.33. The lowest BCUT2D eigenvalue weighted by molar-refractivity contribution is -0.0164. The van der Waals surface area contributed by atoms with Gasteiger partial charge in [0.05, 0.1) is 12.7 Å². The summed E-state index contributed by atoms with van der Waals surface area (Å²) in [6, 6.07) is 0. The van der Waals surface area contributed by atoms with E-state index in [1.54, 1.807) is 7.11 Å². The molecule has 0 aromatic heterocycles. The molecule has 0 aromatic carbocycles. The van der Waals surface area contributed by atoms with Gasteiger partial charge in [-0.2, -0.15) is 0 Å². The summed E-state index contributed by atoms with van der Waals surface area (Å²) >= 11 is 0. The maximum atomic E-state index is 5.57. The Balaban J connectivity index is 2.30. The van der Waals surface area contributed by atoms with E-state index in [0.717, 1.165) is 0 Å². The highest BCUT2D eigenvalue weighted by atomic mass is 16.5. The Morgan fingerprint density at radius 2 is 2.23 bits per heavy atom. The Bertz CT molecular complexity index is 187. The third kappa shape index (κ3) is 3.70. The van der Waals surface area contributed by atoms with Crippen LogP contribution >= 0.6 is 0 Å². The molecule has 1 aliphatic heterocycles. The second-order valence-electron chi connectivity index (χ2n) is 3.33. The van der Waals surface area contributed by atoms with E-state index in [-0.39, 0.29) is 12.3 Å². The fourth-order valence-corrected chi connectivity index (χ4v) is 1.18. The van der Waals surface area contributed by atoms with Crippen molar-refractivity contribution < 1.29 is 9.47 Å². The van der Waals surface area contributed by atoms with E-state index in [1.807, 2.05) is 19.2 Å². The van der Waals surface area contributed by atoms with Gasteiger partial charge >= 0.3 is 0 Å². The normalized spacial score (nSPS) is 29.2. The molecule has 0 N–H and O–H groups in total. The predicted molar refractivity (Wildman–Crippen MR) is 53.0 cm³/mol. The molecule has 3 nitrogen and oxygen atoms in total. The first kappa shape index (κ1) is 10.4. The molecule has 1 rings (SSSR count). The summed E-state index contributed by atoms with van der Waals surface area (Å²) in [6.45, 7) is 4.68. The van der Waals surface area contributed by atoms with Gasteiger partial charge in [-0.15, -0.1) is 0 Å². The predicted octanol–water partition coefficient (Wildman–Crippen LogP) is 1.64. The molecule has 0 spiro atoms. The van der Waals surface area contributed by atoms with E-state index >= 15 is 0 Å². The van der Waals surface area contributed by atoms with Crippen molar-refractivity contribution in [2.24, 2.45) is 10.9 Å². The smallest absolute Gasteiger partial charge is 0.167 e. The SMILES string of the molecule is COCC(C)OC1C=CC(C)C=N1. The van der Waals surface area contributed by atoms with Crippen LogP contribution in [0.1, 0.15) is 13.8 Å². The van der Waals surface area contributed by atoms with E-state index < -0.39 is 0 Å². The molecule has 0 aromatic rings. The van der Waals surface area contributed by atoms with E-state index in [1.165, 1.54) is 0 Å². The Labute approximate surface area is 79.5 Å². The maximum Gasteiger partial charge on any atom is 0.167 e. The van der Waals surface area contributed by atoms with Crippen LogP contribution in [0.2, 0.25) is 0 Å². The van der Waals surface area contributed by atoms with Crippen LogP contribution < -0.4 is 0 Å². The van der Waals surface area contributed by atoms with Crippen molar-refractivity contribution in [2.45, 2.75) is 26.2 Å². The van der Waals surface area contributed by atoms with Crippen LogP contribution in [0.5, 0.6) is 0 Å². The van der Waals surface area contributed by atoms with Crippen LogP contribution in [0, 0.1) is 5.92 Å². The van der Waals surface area contributed by atoms with Gasteiger partial charge in [0, 0.05) is 19.2 Å². The lowest BCUT2D eigenvalue weighted by atomic mass is 10.1. The number of dihydropyridines is 1. The minimum absolute atomic E-state index is 0.0882. The quantitative estimate of drug-likeness (QED) is 0.620. The summed E-state index contributed by atoms with van der Waals surface area (Å²) in [6.07, 6.45) is 5.95. The van der Waals surface area contributed by atoms with Crippen molar-refractivity contribution in [3.8, 4) is 0 Å². The molecule has 0 bridgehead atoms. The van der Waals surface area contributed by atoms with E-state index in [0.29, 0.717) is 12.5 Å². The van der Waals surface area contributed by atoms with Crippen molar-refractivity contribution in [1.29, 1.82) is 0 Å². The second kappa shape index (κ2) is 5.14. The fraction of sp³-hybridized carbons (Fsp3) is 0.700. The highest BCUT2D eigenvalue weighted by Crippen LogP contribution is 2.09. The topological polar surface area (TPSA) is 30.8 Å². The number of ether oxygens (including phenoxy) is 2. The van der Waals surface area contributed by atoms with Crippen LogP contribution in [-0.4, -0.2) is 32.3 Å². The molecule has 1 heterocycles. The van der Waals surface area contributed by atoms with E-state index in [2.05, 4.69) is 18.0 Å². The molecular formula is C10H17NO2. The van der Waals surface area contributed by atoms with Crippen LogP contribution in [0.3, 0.4) is 0 Å². The van der Waals surface area contributed by atoms with Crippen molar-refractivity contribution in [1.82, 2.24) is 0 Å². The molecule has 0 amide bonds. The molecule has 0 saturated carbocycles. The molecule has 74 valence electrons. The zero-order chi connectivity index (χ0) is 9.68. The molecule has 0 aliphatic carbocycles. The Kier molecular flexibility index (Phi) is 4.12. The van der Waals surface area contributed by atoms with Gasteiger partial charge in [-0.25, -0.2) is 0 Å². The minimum Gasteiger partial charge on any atom is -0.382 e. The summed E-state index contributed by atoms with van der Waals surface area (Å²) in [5.74, 6) is 0.428. The highest BCUT2D eigenvalue weighted by molar-refractivity contribution is 5.64. The lowest BCUT2D eigenvalue weighted by Crippen LogP contribution is -2.22. The van der Waals surface area contributed by atoms with Crippen LogP contribution in [-0.2, 0) is 9.47 Å². The standard InChI is InChI=1S/C10H17NO2/c1-8-4-5-10(11-6-8)13-9(2)7-12-3/h4-6,8-10H,7H2,1-3H3. The summed E-state index contributed by atoms with van der Waals surface area (Å²) < 4.78 is 10.5. The van der Waals surface area contributed by atoms with E-state index in [4.69, 9.17) is 9.47 Å². The summed E-state index contributed by atoms with van der Waals surface area (Å²) in [4.78, 5) is 4.24. The van der Waals surface area contributed by atoms with Crippen LogP contribution in [0.15, 0.2) is 17.1 Å². The van der Waals surface area contributed by atoms with Gasteiger partial charge in [-0.3, -0.25) is 4.99 Å². The Morgan fingerprint density at radius 3 is 2.77 bits per heavy atom. The molecule has 0 saturated heterocycles. The van der Waals surface area contributed by atoms with Gasteiger partial charge in [0.15, 0.2) is 6.23 Å². The zero-order valence-electron chi connectivity index (χ0n) is 8.43. The van der Waals surface area contributed by atoms with E-state index in [9.17, 15) is 0 Å². The van der Waals surface area contributed by atoms with Crippen LogP contribution in [0.25, 0.3) is 0 Å². The summed E-state index contributed by atoms with van der Waals surface area (Å²) in [7, 11) is 1.67. The monoisotopic (exact) mass is 183 g/mol. The van der Waals surface area contributed by atoms with Crippen molar-refractivity contribution >= 4 is 6.21 Å². The van der Waals surface area contributed by atoms with Gasteiger partial charge in [-0.1, -0.05) is 13.0 Å². The molecule has 13 heavy (non-hydrogen) atoms. The molecule has 3 heteroatoms. The number of methoxy groups -OCH3 is 1.